The van der Waals surface area contributed by atoms with Crippen LogP contribution in [0.2, 0.25) is 5.15 Å². The fourth-order valence-corrected chi connectivity index (χ4v) is 1.93. The van der Waals surface area contributed by atoms with Crippen LogP contribution >= 0.6 is 11.6 Å². The lowest BCUT2D eigenvalue weighted by molar-refractivity contribution is 0.0743. The Morgan fingerprint density at radius 3 is 2.85 bits per heavy atom. The minimum absolute atomic E-state index is 0.0183. The topological polar surface area (TPSA) is 48.5 Å². The molecule has 0 radical (unpaired) electrons. The zero-order chi connectivity index (χ0) is 14.9. The molecule has 108 valence electrons. The maximum absolute atomic E-state index is 12.9. The lowest BCUT2D eigenvalue weighted by atomic mass is 10.3. The van der Waals surface area contributed by atoms with Crippen molar-refractivity contribution in [3.05, 3.63) is 39.4 Å². The summed E-state index contributed by atoms with van der Waals surface area (Å²) in [6.07, 6.45) is 4.59. The molecule has 0 aliphatic rings. The van der Waals surface area contributed by atoms with Crippen molar-refractivity contribution < 1.29 is 13.5 Å². The molecule has 0 bridgehead atoms. The molecule has 0 fully saturated rings. The molecule has 0 aromatic carbocycles. The van der Waals surface area contributed by atoms with Crippen LogP contribution in [0.25, 0.3) is 5.78 Å². The average Bonchev–Trinajstić information content (AvgIpc) is 2.72. The number of ether oxygens (including phenoxy) is 1. The van der Waals surface area contributed by atoms with Crippen molar-refractivity contribution in [2.45, 2.75) is 20.4 Å². The van der Waals surface area contributed by atoms with Gasteiger partial charge in [0.05, 0.1) is 11.8 Å². The number of nitrogens with zero attached hydrogens (tertiary/aromatic N) is 3. The summed E-state index contributed by atoms with van der Waals surface area (Å²) in [5, 5.41) is -0.269. The van der Waals surface area contributed by atoms with E-state index in [0.29, 0.717) is 4.57 Å². The highest BCUT2D eigenvalue weighted by Crippen LogP contribution is 2.23. The molecule has 0 spiro atoms. The van der Waals surface area contributed by atoms with Crippen LogP contribution in [-0.2, 0) is 0 Å². The van der Waals surface area contributed by atoms with Gasteiger partial charge in [-0.1, -0.05) is 23.8 Å². The van der Waals surface area contributed by atoms with Gasteiger partial charge in [0.2, 0.25) is 11.7 Å². The van der Waals surface area contributed by atoms with Gasteiger partial charge in [0, 0.05) is 0 Å². The van der Waals surface area contributed by atoms with E-state index >= 15 is 0 Å². The Morgan fingerprint density at radius 1 is 1.55 bits per heavy atom. The Morgan fingerprint density at radius 2 is 2.25 bits per heavy atom. The first-order chi connectivity index (χ1) is 9.47. The molecule has 0 aliphatic carbocycles. The van der Waals surface area contributed by atoms with E-state index < -0.39 is 12.1 Å². The van der Waals surface area contributed by atoms with Gasteiger partial charge in [-0.25, -0.2) is 8.97 Å². The van der Waals surface area contributed by atoms with Crippen LogP contribution < -0.4 is 10.3 Å². The summed E-state index contributed by atoms with van der Waals surface area (Å²) in [5.41, 5.74) is -0.262. The predicted octanol–water partition coefficient (Wildman–Crippen LogP) is 2.81. The van der Waals surface area contributed by atoms with Gasteiger partial charge in [-0.15, -0.1) is 0 Å². The maximum atomic E-state index is 12.9. The fraction of sp³-hybridized carbons (Fsp3) is 0.333. The van der Waals surface area contributed by atoms with E-state index in [1.807, 2.05) is 6.92 Å². The SMILES string of the molecule is C/C=C/COc1nc2n(C(F)F)c(Cl)cn2c(=O)c1C. The largest absolute Gasteiger partial charge is 0.473 e. The second-order valence-corrected chi connectivity index (χ2v) is 4.38. The molecule has 0 unspecified atom stereocenters. The smallest absolute Gasteiger partial charge is 0.322 e. The molecule has 2 aromatic rings. The number of imidazole rings is 1. The van der Waals surface area contributed by atoms with Gasteiger partial charge < -0.3 is 4.74 Å². The maximum Gasteiger partial charge on any atom is 0.322 e. The van der Waals surface area contributed by atoms with E-state index in [2.05, 4.69) is 4.98 Å². The number of fused-ring (bicyclic) bond motifs is 1. The van der Waals surface area contributed by atoms with E-state index in [-0.39, 0.29) is 29.0 Å². The first-order valence-corrected chi connectivity index (χ1v) is 6.17. The van der Waals surface area contributed by atoms with Crippen LogP contribution in [0.5, 0.6) is 5.88 Å². The molecular formula is C12H12ClF2N3O2. The molecule has 0 saturated carbocycles. The number of halogens is 3. The Labute approximate surface area is 118 Å². The van der Waals surface area contributed by atoms with Gasteiger partial charge in [0.15, 0.2) is 0 Å². The van der Waals surface area contributed by atoms with Gasteiger partial charge in [0.1, 0.15) is 11.8 Å². The molecule has 2 heterocycles. The molecule has 5 nitrogen and oxygen atoms in total. The molecule has 0 aliphatic heterocycles. The van der Waals surface area contributed by atoms with Crippen molar-refractivity contribution in [1.82, 2.24) is 14.0 Å². The lowest BCUT2D eigenvalue weighted by Gasteiger charge is -2.08. The zero-order valence-electron chi connectivity index (χ0n) is 10.8. The van der Waals surface area contributed by atoms with Crippen molar-refractivity contribution in [2.24, 2.45) is 0 Å². The monoisotopic (exact) mass is 303 g/mol. The quantitative estimate of drug-likeness (QED) is 0.816. The molecule has 8 heteroatoms. The van der Waals surface area contributed by atoms with Gasteiger partial charge in [0.25, 0.3) is 5.56 Å². The van der Waals surface area contributed by atoms with E-state index in [0.717, 1.165) is 10.6 Å². The summed E-state index contributed by atoms with van der Waals surface area (Å²) in [6.45, 7) is 0.623. The van der Waals surface area contributed by atoms with Gasteiger partial charge in [-0.05, 0) is 13.8 Å². The Balaban J connectivity index is 2.64. The zero-order valence-corrected chi connectivity index (χ0v) is 11.6. The lowest BCUT2D eigenvalue weighted by Crippen LogP contribution is -2.19. The molecule has 2 rings (SSSR count). The molecular weight excluding hydrogens is 292 g/mol. The third-order valence-electron chi connectivity index (χ3n) is 2.71. The van der Waals surface area contributed by atoms with E-state index in [1.54, 1.807) is 12.2 Å². The normalized spacial score (nSPS) is 11.9. The summed E-state index contributed by atoms with van der Waals surface area (Å²) < 4.78 is 32.6. The van der Waals surface area contributed by atoms with Crippen LogP contribution in [0, 0.1) is 6.92 Å². The first kappa shape index (κ1) is 14.5. The fourth-order valence-electron chi connectivity index (χ4n) is 1.69. The highest BCUT2D eigenvalue weighted by molar-refractivity contribution is 6.29. The summed E-state index contributed by atoms with van der Waals surface area (Å²) in [7, 11) is 0. The molecule has 0 N–H and O–H groups in total. The number of rotatable bonds is 4. The molecule has 0 amide bonds. The van der Waals surface area contributed by atoms with Gasteiger partial charge >= 0.3 is 6.55 Å². The average molecular weight is 304 g/mol. The first-order valence-electron chi connectivity index (χ1n) is 5.79. The van der Waals surface area contributed by atoms with Crippen molar-refractivity contribution in [3.8, 4) is 5.88 Å². The number of hydrogen-bond acceptors (Lipinski definition) is 3. The van der Waals surface area contributed by atoms with E-state index in [9.17, 15) is 13.6 Å². The van der Waals surface area contributed by atoms with Crippen molar-refractivity contribution in [2.75, 3.05) is 6.61 Å². The molecule has 0 atom stereocenters. The van der Waals surface area contributed by atoms with Crippen LogP contribution in [0.4, 0.5) is 8.78 Å². The Kier molecular flexibility index (Phi) is 4.08. The van der Waals surface area contributed by atoms with Crippen LogP contribution in [0.15, 0.2) is 23.1 Å². The van der Waals surface area contributed by atoms with Crippen LogP contribution in [0.3, 0.4) is 0 Å². The number of hydrogen-bond donors (Lipinski definition) is 0. The Bertz CT molecular complexity index is 722. The van der Waals surface area contributed by atoms with Crippen LogP contribution in [0.1, 0.15) is 19.0 Å². The van der Waals surface area contributed by atoms with E-state index in [4.69, 9.17) is 16.3 Å². The van der Waals surface area contributed by atoms with Gasteiger partial charge in [-0.2, -0.15) is 13.8 Å². The molecule has 0 saturated heterocycles. The van der Waals surface area contributed by atoms with Crippen molar-refractivity contribution in [3.63, 3.8) is 0 Å². The second kappa shape index (κ2) is 5.62. The standard InChI is InChI=1S/C12H12ClF2N3O2/c1-3-4-5-20-9-7(2)10(19)17-6-8(13)18(11(14)15)12(17)16-9/h3-4,6,11H,5H2,1-2H3/b4-3+. The predicted molar refractivity (Wildman–Crippen MR) is 70.8 cm³/mol. The third-order valence-corrected chi connectivity index (χ3v) is 2.99. The Hall–Kier alpha value is -1.89. The number of aromatic nitrogens is 3. The van der Waals surface area contributed by atoms with Crippen molar-refractivity contribution >= 4 is 17.4 Å². The summed E-state index contributed by atoms with van der Waals surface area (Å²) in [6, 6.07) is 0. The molecule has 20 heavy (non-hydrogen) atoms. The highest BCUT2D eigenvalue weighted by Gasteiger charge is 2.20. The second-order valence-electron chi connectivity index (χ2n) is 4.00. The van der Waals surface area contributed by atoms with E-state index in [1.165, 1.54) is 6.92 Å². The van der Waals surface area contributed by atoms with Crippen molar-refractivity contribution in [1.29, 1.82) is 0 Å². The van der Waals surface area contributed by atoms with Gasteiger partial charge in [-0.3, -0.25) is 4.79 Å². The molecule has 2 aromatic heterocycles. The minimum Gasteiger partial charge on any atom is -0.473 e. The highest BCUT2D eigenvalue weighted by atomic mass is 35.5. The van der Waals surface area contributed by atoms with Crippen LogP contribution in [-0.4, -0.2) is 20.6 Å². The number of allylic oxidation sites excluding steroid dienone is 1. The third kappa shape index (κ3) is 2.40. The number of alkyl halides is 2. The summed E-state index contributed by atoms with van der Waals surface area (Å²) >= 11 is 5.70. The minimum atomic E-state index is -2.90. The summed E-state index contributed by atoms with van der Waals surface area (Å²) in [5.74, 6) is -0.235. The summed E-state index contributed by atoms with van der Waals surface area (Å²) in [4.78, 5) is 16.0.